The van der Waals surface area contributed by atoms with E-state index < -0.39 is 0 Å². The molecule has 3 rings (SSSR count). The van der Waals surface area contributed by atoms with Crippen molar-refractivity contribution in [2.24, 2.45) is 0 Å². The van der Waals surface area contributed by atoms with Crippen molar-refractivity contribution in [2.45, 2.75) is 13.2 Å². The van der Waals surface area contributed by atoms with Crippen LogP contribution in [0.15, 0.2) is 54.7 Å². The van der Waals surface area contributed by atoms with Crippen LogP contribution in [0.3, 0.4) is 0 Å². The standard InChI is InChI=1S/C17H17N3O/c1-18-11-13-5-2-6-14(20-13)12-21-17-9-3-8-16-15(17)7-4-10-19-16/h2-10,18H,11-12H2,1H3. The number of benzene rings is 1. The van der Waals surface area contributed by atoms with Crippen molar-refractivity contribution in [3.05, 3.63) is 66.1 Å². The van der Waals surface area contributed by atoms with Crippen molar-refractivity contribution >= 4 is 10.9 Å². The molecule has 0 aliphatic rings. The van der Waals surface area contributed by atoms with Gasteiger partial charge in [0.25, 0.3) is 0 Å². The van der Waals surface area contributed by atoms with Crippen LogP contribution in [0.25, 0.3) is 10.9 Å². The quantitative estimate of drug-likeness (QED) is 0.780. The summed E-state index contributed by atoms with van der Waals surface area (Å²) >= 11 is 0. The molecule has 0 saturated carbocycles. The fourth-order valence-corrected chi connectivity index (χ4v) is 2.24. The molecule has 4 heteroatoms. The number of ether oxygens (including phenoxy) is 1. The molecule has 3 aromatic rings. The highest BCUT2D eigenvalue weighted by molar-refractivity contribution is 5.84. The lowest BCUT2D eigenvalue weighted by Crippen LogP contribution is -2.08. The summed E-state index contributed by atoms with van der Waals surface area (Å²) in [5, 5.41) is 4.12. The number of nitrogens with one attached hydrogen (secondary N) is 1. The summed E-state index contributed by atoms with van der Waals surface area (Å²) in [4.78, 5) is 8.89. The van der Waals surface area contributed by atoms with E-state index in [9.17, 15) is 0 Å². The molecule has 0 amide bonds. The smallest absolute Gasteiger partial charge is 0.130 e. The number of rotatable bonds is 5. The van der Waals surface area contributed by atoms with Gasteiger partial charge in [0, 0.05) is 18.1 Å². The minimum absolute atomic E-state index is 0.450. The average molecular weight is 279 g/mol. The maximum absolute atomic E-state index is 5.92. The second kappa shape index (κ2) is 6.33. The third-order valence-electron chi connectivity index (χ3n) is 3.20. The first-order chi connectivity index (χ1) is 10.4. The third-order valence-corrected chi connectivity index (χ3v) is 3.20. The highest BCUT2D eigenvalue weighted by Gasteiger charge is 2.03. The Morgan fingerprint density at radius 1 is 1.00 bits per heavy atom. The molecular formula is C17H17N3O. The van der Waals surface area contributed by atoms with Crippen molar-refractivity contribution in [2.75, 3.05) is 7.05 Å². The topological polar surface area (TPSA) is 47.0 Å². The molecule has 0 radical (unpaired) electrons. The van der Waals surface area contributed by atoms with Gasteiger partial charge >= 0.3 is 0 Å². The van der Waals surface area contributed by atoms with Crippen molar-refractivity contribution in [1.29, 1.82) is 0 Å². The zero-order valence-electron chi connectivity index (χ0n) is 11.9. The summed E-state index contributed by atoms with van der Waals surface area (Å²) in [5.41, 5.74) is 2.87. The number of hydrogen-bond donors (Lipinski definition) is 1. The first kappa shape index (κ1) is 13.5. The van der Waals surface area contributed by atoms with E-state index in [4.69, 9.17) is 4.74 Å². The number of nitrogens with zero attached hydrogens (tertiary/aromatic N) is 2. The van der Waals surface area contributed by atoms with Gasteiger partial charge in [-0.25, -0.2) is 0 Å². The van der Waals surface area contributed by atoms with Gasteiger partial charge in [-0.05, 0) is 43.4 Å². The summed E-state index contributed by atoms with van der Waals surface area (Å²) in [6, 6.07) is 15.8. The van der Waals surface area contributed by atoms with Crippen molar-refractivity contribution < 1.29 is 4.74 Å². The Bertz CT molecular complexity index is 737. The number of aromatic nitrogens is 2. The molecule has 21 heavy (non-hydrogen) atoms. The first-order valence-corrected chi connectivity index (χ1v) is 6.93. The normalized spacial score (nSPS) is 10.7. The molecule has 0 fully saturated rings. The van der Waals surface area contributed by atoms with Crippen LogP contribution < -0.4 is 10.1 Å². The Hall–Kier alpha value is -2.46. The van der Waals surface area contributed by atoms with Gasteiger partial charge in [0.2, 0.25) is 0 Å². The molecule has 1 N–H and O–H groups in total. The van der Waals surface area contributed by atoms with Crippen LogP contribution >= 0.6 is 0 Å². The van der Waals surface area contributed by atoms with Crippen LogP contribution in [0.5, 0.6) is 5.75 Å². The van der Waals surface area contributed by atoms with E-state index in [0.717, 1.165) is 34.6 Å². The minimum atomic E-state index is 0.450. The summed E-state index contributed by atoms with van der Waals surface area (Å²) in [5.74, 6) is 0.835. The van der Waals surface area contributed by atoms with E-state index in [2.05, 4.69) is 15.3 Å². The molecule has 0 unspecified atom stereocenters. The third kappa shape index (κ3) is 3.17. The molecule has 0 bridgehead atoms. The molecular weight excluding hydrogens is 262 g/mol. The van der Waals surface area contributed by atoms with E-state index in [1.807, 2.05) is 55.6 Å². The summed E-state index contributed by atoms with van der Waals surface area (Å²) in [7, 11) is 1.91. The van der Waals surface area contributed by atoms with E-state index >= 15 is 0 Å². The molecule has 2 heterocycles. The van der Waals surface area contributed by atoms with Gasteiger partial charge in [0.15, 0.2) is 0 Å². The highest BCUT2D eigenvalue weighted by Crippen LogP contribution is 2.24. The van der Waals surface area contributed by atoms with Gasteiger partial charge in [0.05, 0.1) is 16.9 Å². The largest absolute Gasteiger partial charge is 0.487 e. The molecule has 0 aliphatic heterocycles. The van der Waals surface area contributed by atoms with Gasteiger partial charge in [-0.1, -0.05) is 12.1 Å². The first-order valence-electron chi connectivity index (χ1n) is 6.93. The van der Waals surface area contributed by atoms with Crippen molar-refractivity contribution in [3.63, 3.8) is 0 Å². The van der Waals surface area contributed by atoms with E-state index in [1.54, 1.807) is 6.20 Å². The lowest BCUT2D eigenvalue weighted by molar-refractivity contribution is 0.304. The fourth-order valence-electron chi connectivity index (χ4n) is 2.24. The Morgan fingerprint density at radius 2 is 1.86 bits per heavy atom. The Kier molecular flexibility index (Phi) is 4.07. The SMILES string of the molecule is CNCc1cccc(COc2cccc3ncccc23)n1. The lowest BCUT2D eigenvalue weighted by Gasteiger charge is -2.09. The van der Waals surface area contributed by atoms with Crippen LogP contribution in [-0.2, 0) is 13.2 Å². The van der Waals surface area contributed by atoms with Gasteiger partial charge in [0.1, 0.15) is 12.4 Å². The van der Waals surface area contributed by atoms with Crippen LogP contribution in [0.2, 0.25) is 0 Å². The monoisotopic (exact) mass is 279 g/mol. The Labute approximate surface area is 123 Å². The number of hydrogen-bond acceptors (Lipinski definition) is 4. The van der Waals surface area contributed by atoms with Crippen molar-refractivity contribution in [3.8, 4) is 5.75 Å². The molecule has 4 nitrogen and oxygen atoms in total. The van der Waals surface area contributed by atoms with Gasteiger partial charge in [-0.2, -0.15) is 0 Å². The van der Waals surface area contributed by atoms with Crippen LogP contribution in [0.4, 0.5) is 0 Å². The highest BCUT2D eigenvalue weighted by atomic mass is 16.5. The van der Waals surface area contributed by atoms with Crippen LogP contribution in [0.1, 0.15) is 11.4 Å². The maximum atomic E-state index is 5.92. The second-order valence-corrected chi connectivity index (χ2v) is 4.77. The van der Waals surface area contributed by atoms with E-state index in [0.29, 0.717) is 6.61 Å². The fraction of sp³-hybridized carbons (Fsp3) is 0.176. The van der Waals surface area contributed by atoms with E-state index in [1.165, 1.54) is 0 Å². The summed E-state index contributed by atoms with van der Waals surface area (Å²) in [6.45, 7) is 1.21. The average Bonchev–Trinajstić information content (AvgIpc) is 2.53. The zero-order valence-corrected chi connectivity index (χ0v) is 11.9. The molecule has 0 aliphatic carbocycles. The summed E-state index contributed by atoms with van der Waals surface area (Å²) in [6.07, 6.45) is 1.79. The maximum Gasteiger partial charge on any atom is 0.130 e. The van der Waals surface area contributed by atoms with Gasteiger partial charge < -0.3 is 10.1 Å². The van der Waals surface area contributed by atoms with Gasteiger partial charge in [-0.3, -0.25) is 9.97 Å². The van der Waals surface area contributed by atoms with E-state index in [-0.39, 0.29) is 0 Å². The lowest BCUT2D eigenvalue weighted by atomic mass is 10.2. The number of pyridine rings is 2. The molecule has 0 spiro atoms. The molecule has 106 valence electrons. The second-order valence-electron chi connectivity index (χ2n) is 4.77. The molecule has 2 aromatic heterocycles. The minimum Gasteiger partial charge on any atom is -0.487 e. The predicted molar refractivity (Wildman–Crippen MR) is 83.1 cm³/mol. The zero-order chi connectivity index (χ0) is 14.5. The van der Waals surface area contributed by atoms with Crippen molar-refractivity contribution in [1.82, 2.24) is 15.3 Å². The van der Waals surface area contributed by atoms with Crippen LogP contribution in [-0.4, -0.2) is 17.0 Å². The Morgan fingerprint density at radius 3 is 2.76 bits per heavy atom. The van der Waals surface area contributed by atoms with Gasteiger partial charge in [-0.15, -0.1) is 0 Å². The Balaban J connectivity index is 1.79. The number of fused-ring (bicyclic) bond motifs is 1. The predicted octanol–water partition coefficient (Wildman–Crippen LogP) is 2.93. The molecule has 1 aromatic carbocycles. The molecule has 0 saturated heterocycles. The molecule has 0 atom stereocenters. The summed E-state index contributed by atoms with van der Waals surface area (Å²) < 4.78 is 5.92. The van der Waals surface area contributed by atoms with Crippen LogP contribution in [0, 0.1) is 0 Å².